The van der Waals surface area contributed by atoms with Crippen LogP contribution < -0.4 is 5.32 Å². The molecule has 0 radical (unpaired) electrons. The van der Waals surface area contributed by atoms with Gasteiger partial charge >= 0.3 is 0 Å². The van der Waals surface area contributed by atoms with E-state index in [-0.39, 0.29) is 6.10 Å². The molecule has 2 aromatic rings. The molecule has 16 heavy (non-hydrogen) atoms. The van der Waals surface area contributed by atoms with E-state index in [1.807, 2.05) is 43.4 Å². The minimum Gasteiger partial charge on any atom is -0.391 e. The Labute approximate surface area is 95.1 Å². The molecule has 1 atom stereocenters. The Kier molecular flexibility index (Phi) is 3.49. The van der Waals surface area contributed by atoms with Crippen molar-refractivity contribution in [1.29, 1.82) is 0 Å². The monoisotopic (exact) mass is 216 g/mol. The van der Waals surface area contributed by atoms with Gasteiger partial charge in [0, 0.05) is 24.0 Å². The largest absolute Gasteiger partial charge is 0.391 e. The van der Waals surface area contributed by atoms with Gasteiger partial charge in [0.05, 0.1) is 11.6 Å². The molecule has 2 N–H and O–H groups in total. The molecule has 1 aromatic carbocycles. The number of fused-ring (bicyclic) bond motifs is 1. The van der Waals surface area contributed by atoms with E-state index in [0.29, 0.717) is 13.0 Å². The summed E-state index contributed by atoms with van der Waals surface area (Å²) in [6.07, 6.45) is 0.213. The second kappa shape index (κ2) is 5.05. The number of hydrogen-bond acceptors (Lipinski definition) is 3. The van der Waals surface area contributed by atoms with Crippen LogP contribution in [0, 0.1) is 0 Å². The second-order valence-electron chi connectivity index (χ2n) is 3.91. The fourth-order valence-corrected chi connectivity index (χ4v) is 1.77. The van der Waals surface area contributed by atoms with Crippen molar-refractivity contribution in [3.8, 4) is 0 Å². The van der Waals surface area contributed by atoms with Gasteiger partial charge in [-0.25, -0.2) is 0 Å². The Bertz CT molecular complexity index is 470. The molecular weight excluding hydrogens is 200 g/mol. The molecule has 0 fully saturated rings. The van der Waals surface area contributed by atoms with Gasteiger partial charge in [-0.15, -0.1) is 0 Å². The number of nitrogens with zero attached hydrogens (tertiary/aromatic N) is 1. The summed E-state index contributed by atoms with van der Waals surface area (Å²) in [6, 6.07) is 12.0. The van der Waals surface area contributed by atoms with Crippen molar-refractivity contribution in [1.82, 2.24) is 10.3 Å². The number of likely N-dealkylation sites (N-methyl/N-ethyl adjacent to an activating group) is 1. The number of aromatic nitrogens is 1. The highest BCUT2D eigenvalue weighted by molar-refractivity contribution is 5.78. The Morgan fingerprint density at radius 1 is 1.25 bits per heavy atom. The summed E-state index contributed by atoms with van der Waals surface area (Å²) in [7, 11) is 1.83. The van der Waals surface area contributed by atoms with Crippen LogP contribution >= 0.6 is 0 Å². The lowest BCUT2D eigenvalue weighted by molar-refractivity contribution is 0.173. The van der Waals surface area contributed by atoms with Gasteiger partial charge in [-0.05, 0) is 19.2 Å². The quantitative estimate of drug-likeness (QED) is 0.811. The van der Waals surface area contributed by atoms with Crippen molar-refractivity contribution in [3.05, 3.63) is 42.1 Å². The standard InChI is InChI=1S/C13H16N2O/c1-14-9-12(16)8-11-7-6-10-4-2-3-5-13(10)15-11/h2-7,12,14,16H,8-9H2,1H3. The van der Waals surface area contributed by atoms with Crippen molar-refractivity contribution < 1.29 is 5.11 Å². The number of aliphatic hydroxyl groups excluding tert-OH is 1. The van der Waals surface area contributed by atoms with Crippen molar-refractivity contribution >= 4 is 10.9 Å². The third-order valence-corrected chi connectivity index (χ3v) is 2.54. The topological polar surface area (TPSA) is 45.1 Å². The molecule has 0 bridgehead atoms. The highest BCUT2D eigenvalue weighted by Crippen LogP contribution is 2.12. The van der Waals surface area contributed by atoms with E-state index in [4.69, 9.17) is 0 Å². The normalized spacial score (nSPS) is 12.9. The number of nitrogens with one attached hydrogen (secondary N) is 1. The number of pyridine rings is 1. The maximum atomic E-state index is 9.67. The van der Waals surface area contributed by atoms with Crippen LogP contribution in [-0.4, -0.2) is 29.8 Å². The van der Waals surface area contributed by atoms with Gasteiger partial charge in [0.15, 0.2) is 0 Å². The minimum absolute atomic E-state index is 0.376. The van der Waals surface area contributed by atoms with Crippen LogP contribution in [0.1, 0.15) is 5.69 Å². The van der Waals surface area contributed by atoms with Gasteiger partial charge in [-0.2, -0.15) is 0 Å². The van der Waals surface area contributed by atoms with Gasteiger partial charge in [-0.1, -0.05) is 24.3 Å². The van der Waals surface area contributed by atoms with Crippen molar-refractivity contribution in [2.45, 2.75) is 12.5 Å². The molecule has 0 saturated heterocycles. The summed E-state index contributed by atoms with van der Waals surface area (Å²) in [5.41, 5.74) is 1.91. The fourth-order valence-electron chi connectivity index (χ4n) is 1.77. The third-order valence-electron chi connectivity index (χ3n) is 2.54. The van der Waals surface area contributed by atoms with Gasteiger partial charge < -0.3 is 10.4 Å². The van der Waals surface area contributed by atoms with Crippen LogP contribution in [0.15, 0.2) is 36.4 Å². The Hall–Kier alpha value is -1.45. The van der Waals surface area contributed by atoms with Gasteiger partial charge in [0.2, 0.25) is 0 Å². The van der Waals surface area contributed by atoms with E-state index in [2.05, 4.69) is 10.3 Å². The molecule has 0 spiro atoms. The number of rotatable bonds is 4. The molecule has 3 heteroatoms. The summed E-state index contributed by atoms with van der Waals surface area (Å²) >= 11 is 0. The summed E-state index contributed by atoms with van der Waals surface area (Å²) < 4.78 is 0. The van der Waals surface area contributed by atoms with Crippen LogP contribution in [0.5, 0.6) is 0 Å². The molecule has 0 amide bonds. The summed E-state index contributed by atoms with van der Waals surface area (Å²) in [6.45, 7) is 0.592. The Balaban J connectivity index is 2.19. The van der Waals surface area contributed by atoms with E-state index in [1.165, 1.54) is 0 Å². The number of hydrogen-bond donors (Lipinski definition) is 2. The van der Waals surface area contributed by atoms with Crippen LogP contribution in [0.25, 0.3) is 10.9 Å². The molecule has 84 valence electrons. The van der Waals surface area contributed by atoms with Gasteiger partial charge in [-0.3, -0.25) is 4.98 Å². The minimum atomic E-state index is -0.376. The van der Waals surface area contributed by atoms with Crippen LogP contribution in [0.4, 0.5) is 0 Å². The molecule has 0 aliphatic rings. The molecule has 1 heterocycles. The average Bonchev–Trinajstić information content (AvgIpc) is 2.29. The predicted octanol–water partition coefficient (Wildman–Crippen LogP) is 1.36. The summed E-state index contributed by atoms with van der Waals surface area (Å²) in [4.78, 5) is 4.51. The van der Waals surface area contributed by atoms with Crippen LogP contribution in [0.2, 0.25) is 0 Å². The van der Waals surface area contributed by atoms with E-state index < -0.39 is 0 Å². The third kappa shape index (κ3) is 2.56. The number of para-hydroxylation sites is 1. The lowest BCUT2D eigenvalue weighted by atomic mass is 10.1. The molecule has 1 aromatic heterocycles. The van der Waals surface area contributed by atoms with Crippen LogP contribution in [-0.2, 0) is 6.42 Å². The summed E-state index contributed by atoms with van der Waals surface area (Å²) in [5.74, 6) is 0. The zero-order chi connectivity index (χ0) is 11.4. The zero-order valence-corrected chi connectivity index (χ0v) is 9.35. The highest BCUT2D eigenvalue weighted by Gasteiger charge is 2.05. The first-order chi connectivity index (χ1) is 7.79. The smallest absolute Gasteiger partial charge is 0.0719 e. The van der Waals surface area contributed by atoms with Crippen LogP contribution in [0.3, 0.4) is 0 Å². The SMILES string of the molecule is CNCC(O)Cc1ccc2ccccc2n1. The van der Waals surface area contributed by atoms with Gasteiger partial charge in [0.1, 0.15) is 0 Å². The number of benzene rings is 1. The number of aliphatic hydroxyl groups is 1. The van der Waals surface area contributed by atoms with E-state index in [9.17, 15) is 5.11 Å². The lowest BCUT2D eigenvalue weighted by Crippen LogP contribution is -2.25. The first-order valence-corrected chi connectivity index (χ1v) is 5.47. The first-order valence-electron chi connectivity index (χ1n) is 5.47. The lowest BCUT2D eigenvalue weighted by Gasteiger charge is -2.09. The van der Waals surface area contributed by atoms with Crippen molar-refractivity contribution in [3.63, 3.8) is 0 Å². The Morgan fingerprint density at radius 2 is 2.06 bits per heavy atom. The van der Waals surface area contributed by atoms with E-state index >= 15 is 0 Å². The average molecular weight is 216 g/mol. The first kappa shape index (κ1) is 11.0. The maximum Gasteiger partial charge on any atom is 0.0719 e. The van der Waals surface area contributed by atoms with E-state index in [0.717, 1.165) is 16.6 Å². The Morgan fingerprint density at radius 3 is 2.88 bits per heavy atom. The molecule has 0 aliphatic heterocycles. The maximum absolute atomic E-state index is 9.67. The second-order valence-corrected chi connectivity index (χ2v) is 3.91. The molecule has 2 rings (SSSR count). The summed E-state index contributed by atoms with van der Waals surface area (Å²) in [5, 5.41) is 13.8. The van der Waals surface area contributed by atoms with Crippen molar-refractivity contribution in [2.75, 3.05) is 13.6 Å². The molecule has 1 unspecified atom stereocenters. The zero-order valence-electron chi connectivity index (χ0n) is 9.35. The molecule has 3 nitrogen and oxygen atoms in total. The van der Waals surface area contributed by atoms with E-state index in [1.54, 1.807) is 0 Å². The fraction of sp³-hybridized carbons (Fsp3) is 0.308. The molecule has 0 aliphatic carbocycles. The molecular formula is C13H16N2O. The highest BCUT2D eigenvalue weighted by atomic mass is 16.3. The van der Waals surface area contributed by atoms with Crippen molar-refractivity contribution in [2.24, 2.45) is 0 Å². The van der Waals surface area contributed by atoms with Gasteiger partial charge in [0.25, 0.3) is 0 Å². The molecule has 0 saturated carbocycles. The predicted molar refractivity (Wildman–Crippen MR) is 65.4 cm³/mol.